The Morgan fingerprint density at radius 1 is 0.886 bits per heavy atom. The van der Waals surface area contributed by atoms with Gasteiger partial charge < -0.3 is 24.3 Å². The summed E-state index contributed by atoms with van der Waals surface area (Å²) in [7, 11) is 3.59. The molecule has 0 aromatic heterocycles. The average Bonchev–Trinajstić information content (AvgIpc) is 3.34. The Morgan fingerprint density at radius 3 is 2.29 bits per heavy atom. The fourth-order valence-electron chi connectivity index (χ4n) is 4.17. The number of methoxy groups -OCH3 is 1. The number of ether oxygens (including phenoxy) is 4. The summed E-state index contributed by atoms with van der Waals surface area (Å²) in [5.74, 6) is 1.57. The monoisotopic (exact) mass is 487 g/mol. The quantitative estimate of drug-likeness (QED) is 0.152. The molecule has 0 radical (unpaired) electrons. The standard InChI is InChI=1S/C30H49NO4/c1-4-5-6-7-8-9-10-11-12-13-14-15-16-17-18-19-20-33-28-22-26(21-27(23-28)32-3)30-34-25-29(35-30)24-31-2/h8-9,11-12,21-23,29-31H,4-7,10,13-20,24-25H2,1-3H3/b9-8-,12-11-. The van der Waals surface area contributed by atoms with Crippen LogP contribution in [0.2, 0.25) is 0 Å². The van der Waals surface area contributed by atoms with E-state index in [2.05, 4.69) is 36.5 Å². The number of hydrogen-bond acceptors (Lipinski definition) is 5. The van der Waals surface area contributed by atoms with E-state index in [9.17, 15) is 0 Å². The third-order valence-electron chi connectivity index (χ3n) is 6.21. The predicted molar refractivity (Wildman–Crippen MR) is 145 cm³/mol. The molecule has 0 amide bonds. The van der Waals surface area contributed by atoms with Crippen LogP contribution in [-0.2, 0) is 9.47 Å². The first-order valence-corrected chi connectivity index (χ1v) is 13.8. The Hall–Kier alpha value is -1.82. The third-order valence-corrected chi connectivity index (χ3v) is 6.21. The highest BCUT2D eigenvalue weighted by molar-refractivity contribution is 5.39. The summed E-state index contributed by atoms with van der Waals surface area (Å²) in [6.07, 6.45) is 23.9. The van der Waals surface area contributed by atoms with Crippen LogP contribution < -0.4 is 14.8 Å². The summed E-state index contributed by atoms with van der Waals surface area (Å²) < 4.78 is 23.3. The van der Waals surface area contributed by atoms with Gasteiger partial charge in [-0.3, -0.25) is 0 Å². The fourth-order valence-corrected chi connectivity index (χ4v) is 4.17. The molecule has 2 rings (SSSR count). The number of rotatable bonds is 20. The molecule has 35 heavy (non-hydrogen) atoms. The number of likely N-dealkylation sites (N-methyl/N-ethyl adjacent to an activating group) is 1. The Bertz CT molecular complexity index is 718. The van der Waals surface area contributed by atoms with Gasteiger partial charge in [-0.25, -0.2) is 0 Å². The summed E-state index contributed by atoms with van der Waals surface area (Å²) >= 11 is 0. The van der Waals surface area contributed by atoms with Crippen molar-refractivity contribution in [2.24, 2.45) is 0 Å². The minimum absolute atomic E-state index is 0.0684. The zero-order valence-electron chi connectivity index (χ0n) is 22.4. The number of benzene rings is 1. The Balaban J connectivity index is 1.52. The minimum Gasteiger partial charge on any atom is -0.497 e. The molecule has 5 nitrogen and oxygen atoms in total. The molecule has 198 valence electrons. The molecule has 1 fully saturated rings. The van der Waals surface area contributed by atoms with Crippen LogP contribution in [0.3, 0.4) is 0 Å². The van der Waals surface area contributed by atoms with E-state index in [0.29, 0.717) is 6.61 Å². The van der Waals surface area contributed by atoms with E-state index in [4.69, 9.17) is 18.9 Å². The smallest absolute Gasteiger partial charge is 0.184 e. The molecule has 5 heteroatoms. The van der Waals surface area contributed by atoms with Crippen LogP contribution in [0.4, 0.5) is 0 Å². The minimum atomic E-state index is -0.368. The molecule has 2 unspecified atom stereocenters. The SMILES string of the molecule is CCCCC/C=C\C/C=C\CCCCCCCCOc1cc(OC)cc(C2OCC(CNC)O2)c1. The molecule has 0 spiro atoms. The highest BCUT2D eigenvalue weighted by Crippen LogP contribution is 2.32. The highest BCUT2D eigenvalue weighted by atomic mass is 16.7. The lowest BCUT2D eigenvalue weighted by molar-refractivity contribution is -0.0596. The topological polar surface area (TPSA) is 49.0 Å². The maximum atomic E-state index is 6.02. The first-order valence-electron chi connectivity index (χ1n) is 13.8. The van der Waals surface area contributed by atoms with Crippen LogP contribution in [0.5, 0.6) is 11.5 Å². The lowest BCUT2D eigenvalue weighted by Crippen LogP contribution is -2.25. The summed E-state index contributed by atoms with van der Waals surface area (Å²) in [4.78, 5) is 0. The number of unbranched alkanes of at least 4 members (excludes halogenated alkanes) is 9. The van der Waals surface area contributed by atoms with Gasteiger partial charge in [0, 0.05) is 18.2 Å². The van der Waals surface area contributed by atoms with Crippen LogP contribution in [0, 0.1) is 0 Å². The predicted octanol–water partition coefficient (Wildman–Crippen LogP) is 7.52. The van der Waals surface area contributed by atoms with Gasteiger partial charge in [-0.05, 0) is 57.7 Å². The van der Waals surface area contributed by atoms with Crippen LogP contribution in [-0.4, -0.2) is 40.0 Å². The second-order valence-corrected chi connectivity index (χ2v) is 9.36. The lowest BCUT2D eigenvalue weighted by atomic mass is 10.1. The summed E-state index contributed by atoms with van der Waals surface area (Å²) in [5, 5.41) is 3.13. The molecule has 1 N–H and O–H groups in total. The van der Waals surface area contributed by atoms with Crippen molar-refractivity contribution in [1.29, 1.82) is 0 Å². The van der Waals surface area contributed by atoms with Crippen molar-refractivity contribution >= 4 is 0 Å². The second kappa shape index (κ2) is 19.4. The first kappa shape index (κ1) is 29.4. The van der Waals surface area contributed by atoms with Gasteiger partial charge in [0.1, 0.15) is 11.5 Å². The Morgan fingerprint density at radius 2 is 1.57 bits per heavy atom. The molecule has 1 aliphatic heterocycles. The van der Waals surface area contributed by atoms with E-state index >= 15 is 0 Å². The number of nitrogens with one attached hydrogen (secondary N) is 1. The van der Waals surface area contributed by atoms with Crippen molar-refractivity contribution < 1.29 is 18.9 Å². The van der Waals surface area contributed by atoms with Crippen molar-refractivity contribution in [3.63, 3.8) is 0 Å². The highest BCUT2D eigenvalue weighted by Gasteiger charge is 2.27. The second-order valence-electron chi connectivity index (χ2n) is 9.36. The number of allylic oxidation sites excluding steroid dienone is 4. The maximum Gasteiger partial charge on any atom is 0.184 e. The van der Waals surface area contributed by atoms with Gasteiger partial charge in [-0.15, -0.1) is 0 Å². The maximum absolute atomic E-state index is 6.02. The van der Waals surface area contributed by atoms with Gasteiger partial charge in [0.05, 0.1) is 26.4 Å². The molecule has 1 aliphatic rings. The van der Waals surface area contributed by atoms with E-state index < -0.39 is 0 Å². The Labute approximate surface area is 214 Å². The van der Waals surface area contributed by atoms with E-state index in [-0.39, 0.29) is 12.4 Å². The van der Waals surface area contributed by atoms with Crippen molar-refractivity contribution in [1.82, 2.24) is 5.32 Å². The van der Waals surface area contributed by atoms with Gasteiger partial charge in [0.15, 0.2) is 6.29 Å². The van der Waals surface area contributed by atoms with Crippen molar-refractivity contribution in [3.8, 4) is 11.5 Å². The van der Waals surface area contributed by atoms with Gasteiger partial charge in [-0.2, -0.15) is 0 Å². The normalized spacial score (nSPS) is 18.1. The van der Waals surface area contributed by atoms with Crippen molar-refractivity contribution in [2.45, 2.75) is 96.4 Å². The van der Waals surface area contributed by atoms with Gasteiger partial charge in [0.2, 0.25) is 0 Å². The van der Waals surface area contributed by atoms with E-state index in [1.54, 1.807) is 7.11 Å². The zero-order valence-corrected chi connectivity index (χ0v) is 22.4. The van der Waals surface area contributed by atoms with Gasteiger partial charge in [-0.1, -0.05) is 69.8 Å². The molecule has 0 saturated carbocycles. The number of hydrogen-bond donors (Lipinski definition) is 1. The molecule has 0 bridgehead atoms. The lowest BCUT2D eigenvalue weighted by Gasteiger charge is -2.15. The molecular formula is C30H49NO4. The van der Waals surface area contributed by atoms with Crippen molar-refractivity contribution in [2.75, 3.05) is 33.9 Å². The van der Waals surface area contributed by atoms with Gasteiger partial charge >= 0.3 is 0 Å². The van der Waals surface area contributed by atoms with E-state index in [1.165, 1.54) is 64.2 Å². The fraction of sp³-hybridized carbons (Fsp3) is 0.667. The molecule has 1 aromatic rings. The van der Waals surface area contributed by atoms with Crippen LogP contribution in [0.1, 0.15) is 95.8 Å². The van der Waals surface area contributed by atoms with Crippen LogP contribution in [0.15, 0.2) is 42.5 Å². The third kappa shape index (κ3) is 13.2. The largest absolute Gasteiger partial charge is 0.497 e. The average molecular weight is 488 g/mol. The summed E-state index contributed by atoms with van der Waals surface area (Å²) in [6.45, 7) is 4.34. The van der Waals surface area contributed by atoms with E-state index in [0.717, 1.165) is 43.1 Å². The van der Waals surface area contributed by atoms with Crippen LogP contribution >= 0.6 is 0 Å². The Kier molecular flexibility index (Phi) is 16.3. The summed E-state index contributed by atoms with van der Waals surface area (Å²) in [5.41, 5.74) is 0.940. The van der Waals surface area contributed by atoms with Crippen molar-refractivity contribution in [3.05, 3.63) is 48.1 Å². The van der Waals surface area contributed by atoms with Gasteiger partial charge in [0.25, 0.3) is 0 Å². The van der Waals surface area contributed by atoms with E-state index in [1.807, 2.05) is 25.2 Å². The summed E-state index contributed by atoms with van der Waals surface area (Å²) in [6, 6.07) is 5.89. The van der Waals surface area contributed by atoms with Crippen LogP contribution in [0.25, 0.3) is 0 Å². The molecule has 1 aromatic carbocycles. The first-order chi connectivity index (χ1) is 17.3. The molecule has 0 aliphatic carbocycles. The molecular weight excluding hydrogens is 438 g/mol. The zero-order chi connectivity index (χ0) is 25.0. The molecule has 1 heterocycles. The molecule has 1 saturated heterocycles. The molecule has 2 atom stereocenters.